The van der Waals surface area contributed by atoms with Crippen molar-refractivity contribution in [2.24, 2.45) is 11.8 Å². The Bertz CT molecular complexity index is 471. The summed E-state index contributed by atoms with van der Waals surface area (Å²) in [4.78, 5) is 34.8. The van der Waals surface area contributed by atoms with Crippen molar-refractivity contribution in [3.05, 3.63) is 12.2 Å². The fraction of sp³-hybridized carbons (Fsp3) is 0.667. The summed E-state index contributed by atoms with van der Waals surface area (Å²) in [7, 11) is 1.25. The number of methoxy groups -OCH3 is 1. The maximum absolute atomic E-state index is 11.8. The largest absolute Gasteiger partial charge is 0.467 e. The molecule has 0 radical (unpaired) electrons. The molecule has 1 heterocycles. The van der Waals surface area contributed by atoms with Crippen LogP contribution in [0, 0.1) is 11.8 Å². The quantitative estimate of drug-likeness (QED) is 0.438. The van der Waals surface area contributed by atoms with Crippen molar-refractivity contribution in [2.75, 3.05) is 7.11 Å². The normalized spacial score (nSPS) is 31.0. The SMILES string of the molecule is C=C(C)C(=O)OC1OC(C(=O)OC)C(C)C(C)C1OC(C)=O. The molecular weight excluding hydrogens is 292 g/mol. The van der Waals surface area contributed by atoms with Crippen molar-refractivity contribution >= 4 is 17.9 Å². The Labute approximate surface area is 129 Å². The monoisotopic (exact) mass is 314 g/mol. The van der Waals surface area contributed by atoms with Gasteiger partial charge in [-0.15, -0.1) is 0 Å². The third-order valence-electron chi connectivity index (χ3n) is 3.68. The summed E-state index contributed by atoms with van der Waals surface area (Å²) >= 11 is 0. The predicted molar refractivity (Wildman–Crippen MR) is 75.5 cm³/mol. The van der Waals surface area contributed by atoms with Crippen LogP contribution in [0.15, 0.2) is 12.2 Å². The van der Waals surface area contributed by atoms with Gasteiger partial charge in [0.05, 0.1) is 7.11 Å². The third-order valence-corrected chi connectivity index (χ3v) is 3.68. The number of rotatable bonds is 4. The summed E-state index contributed by atoms with van der Waals surface area (Å²) in [6.07, 6.45) is -2.91. The number of hydrogen-bond acceptors (Lipinski definition) is 7. The molecular formula is C15H22O7. The van der Waals surface area contributed by atoms with E-state index in [9.17, 15) is 14.4 Å². The van der Waals surface area contributed by atoms with E-state index in [2.05, 4.69) is 6.58 Å². The van der Waals surface area contributed by atoms with E-state index < -0.39 is 36.4 Å². The zero-order valence-electron chi connectivity index (χ0n) is 13.5. The molecule has 0 aromatic carbocycles. The minimum absolute atomic E-state index is 0.172. The molecule has 0 aromatic rings. The maximum Gasteiger partial charge on any atom is 0.335 e. The van der Waals surface area contributed by atoms with Crippen LogP contribution >= 0.6 is 0 Å². The van der Waals surface area contributed by atoms with Gasteiger partial charge >= 0.3 is 17.9 Å². The van der Waals surface area contributed by atoms with Crippen molar-refractivity contribution in [2.45, 2.75) is 46.2 Å². The second-order valence-corrected chi connectivity index (χ2v) is 5.43. The van der Waals surface area contributed by atoms with Gasteiger partial charge in [-0.1, -0.05) is 20.4 Å². The van der Waals surface area contributed by atoms with Crippen LogP contribution in [-0.4, -0.2) is 43.5 Å². The molecule has 7 nitrogen and oxygen atoms in total. The minimum Gasteiger partial charge on any atom is -0.467 e. The highest BCUT2D eigenvalue weighted by Gasteiger charge is 2.48. The number of carbonyl (C=O) groups excluding carboxylic acids is 3. The molecule has 1 aliphatic heterocycles. The summed E-state index contributed by atoms with van der Waals surface area (Å²) < 4.78 is 20.6. The molecule has 0 aliphatic carbocycles. The lowest BCUT2D eigenvalue weighted by Gasteiger charge is -2.41. The third kappa shape index (κ3) is 4.07. The Morgan fingerprint density at radius 2 is 1.64 bits per heavy atom. The van der Waals surface area contributed by atoms with Crippen LogP contribution in [0.5, 0.6) is 0 Å². The highest BCUT2D eigenvalue weighted by atomic mass is 16.7. The van der Waals surface area contributed by atoms with Crippen molar-refractivity contribution < 1.29 is 33.3 Å². The Hall–Kier alpha value is -1.89. The lowest BCUT2D eigenvalue weighted by molar-refractivity contribution is -0.265. The van der Waals surface area contributed by atoms with Gasteiger partial charge in [0.2, 0.25) is 6.29 Å². The zero-order chi connectivity index (χ0) is 17.0. The van der Waals surface area contributed by atoms with Gasteiger partial charge in [-0.05, 0) is 12.8 Å². The second kappa shape index (κ2) is 7.40. The summed E-state index contributed by atoms with van der Waals surface area (Å²) in [5, 5.41) is 0. The van der Waals surface area contributed by atoms with E-state index in [1.807, 2.05) is 0 Å². The van der Waals surface area contributed by atoms with Crippen LogP contribution in [-0.2, 0) is 33.3 Å². The summed E-state index contributed by atoms with van der Waals surface area (Å²) in [5.41, 5.74) is 0.172. The lowest BCUT2D eigenvalue weighted by atomic mass is 9.83. The Morgan fingerprint density at radius 3 is 2.09 bits per heavy atom. The molecule has 5 unspecified atom stereocenters. The smallest absolute Gasteiger partial charge is 0.335 e. The standard InChI is InChI=1S/C15H22O7/c1-7(2)13(17)22-15-12(20-10(5)16)9(4)8(3)11(21-15)14(18)19-6/h8-9,11-12,15H,1H2,2-6H3. The van der Waals surface area contributed by atoms with Crippen LogP contribution in [0.25, 0.3) is 0 Å². The van der Waals surface area contributed by atoms with E-state index in [1.165, 1.54) is 21.0 Å². The molecule has 0 amide bonds. The molecule has 5 atom stereocenters. The number of carbonyl (C=O) groups is 3. The van der Waals surface area contributed by atoms with E-state index in [-0.39, 0.29) is 17.4 Å². The molecule has 0 saturated carbocycles. The molecule has 0 aromatic heterocycles. The first-order valence-electron chi connectivity index (χ1n) is 6.96. The summed E-state index contributed by atoms with van der Waals surface area (Å²) in [6, 6.07) is 0. The van der Waals surface area contributed by atoms with Crippen molar-refractivity contribution in [3.8, 4) is 0 Å². The first-order valence-corrected chi connectivity index (χ1v) is 6.96. The summed E-state index contributed by atoms with van der Waals surface area (Å²) in [6.45, 7) is 9.78. The second-order valence-electron chi connectivity index (χ2n) is 5.43. The van der Waals surface area contributed by atoms with Crippen LogP contribution in [0.4, 0.5) is 0 Å². The van der Waals surface area contributed by atoms with E-state index in [0.29, 0.717) is 0 Å². The molecule has 1 rings (SSSR count). The average molecular weight is 314 g/mol. The average Bonchev–Trinajstić information content (AvgIpc) is 2.45. The number of ether oxygens (including phenoxy) is 4. The number of esters is 3. The molecule has 0 N–H and O–H groups in total. The van der Waals surface area contributed by atoms with Gasteiger partial charge in [0.15, 0.2) is 12.2 Å². The molecule has 124 valence electrons. The van der Waals surface area contributed by atoms with Gasteiger partial charge in [-0.3, -0.25) is 4.79 Å². The van der Waals surface area contributed by atoms with E-state index in [4.69, 9.17) is 18.9 Å². The topological polar surface area (TPSA) is 88.1 Å². The summed E-state index contributed by atoms with van der Waals surface area (Å²) in [5.74, 6) is -2.34. The molecule has 1 aliphatic rings. The van der Waals surface area contributed by atoms with Crippen molar-refractivity contribution in [1.29, 1.82) is 0 Å². The van der Waals surface area contributed by atoms with E-state index in [1.54, 1.807) is 13.8 Å². The highest BCUT2D eigenvalue weighted by molar-refractivity contribution is 5.87. The Balaban J connectivity index is 3.02. The highest BCUT2D eigenvalue weighted by Crippen LogP contribution is 2.34. The van der Waals surface area contributed by atoms with Gasteiger partial charge in [0, 0.05) is 18.4 Å². The first kappa shape index (κ1) is 18.2. The van der Waals surface area contributed by atoms with Crippen molar-refractivity contribution in [3.63, 3.8) is 0 Å². The zero-order valence-corrected chi connectivity index (χ0v) is 13.5. The molecule has 1 saturated heterocycles. The predicted octanol–water partition coefficient (Wildman–Crippen LogP) is 1.21. The fourth-order valence-electron chi connectivity index (χ4n) is 2.21. The molecule has 22 heavy (non-hydrogen) atoms. The van der Waals surface area contributed by atoms with Gasteiger partial charge in [-0.25, -0.2) is 9.59 Å². The fourth-order valence-corrected chi connectivity index (χ4v) is 2.21. The molecule has 0 bridgehead atoms. The minimum atomic E-state index is -1.19. The van der Waals surface area contributed by atoms with E-state index >= 15 is 0 Å². The van der Waals surface area contributed by atoms with Crippen LogP contribution in [0.3, 0.4) is 0 Å². The Kier molecular flexibility index (Phi) is 6.11. The Morgan fingerprint density at radius 1 is 1.05 bits per heavy atom. The first-order chi connectivity index (χ1) is 10.2. The molecule has 0 spiro atoms. The van der Waals surface area contributed by atoms with Crippen LogP contribution in [0.2, 0.25) is 0 Å². The van der Waals surface area contributed by atoms with Gasteiger partial charge in [0.25, 0.3) is 0 Å². The van der Waals surface area contributed by atoms with Gasteiger partial charge in [0.1, 0.15) is 0 Å². The van der Waals surface area contributed by atoms with E-state index in [0.717, 1.165) is 0 Å². The van der Waals surface area contributed by atoms with Gasteiger partial charge in [-0.2, -0.15) is 0 Å². The number of hydrogen-bond donors (Lipinski definition) is 0. The lowest BCUT2D eigenvalue weighted by Crippen LogP contribution is -2.55. The van der Waals surface area contributed by atoms with Crippen molar-refractivity contribution in [1.82, 2.24) is 0 Å². The molecule has 1 fully saturated rings. The van der Waals surface area contributed by atoms with Crippen LogP contribution < -0.4 is 0 Å². The van der Waals surface area contributed by atoms with Crippen LogP contribution in [0.1, 0.15) is 27.7 Å². The molecule has 7 heteroatoms. The van der Waals surface area contributed by atoms with Gasteiger partial charge < -0.3 is 18.9 Å². The maximum atomic E-state index is 11.8.